The molecule has 0 spiro atoms. The van der Waals surface area contributed by atoms with Gasteiger partial charge < -0.3 is 9.73 Å². The number of rotatable bonds is 6. The molecule has 0 saturated carbocycles. The summed E-state index contributed by atoms with van der Waals surface area (Å²) in [5.41, 5.74) is 1.53. The Kier molecular flexibility index (Phi) is 5.35. The zero-order chi connectivity index (χ0) is 18.5. The van der Waals surface area contributed by atoms with Crippen molar-refractivity contribution in [3.05, 3.63) is 70.9 Å². The fourth-order valence-corrected chi connectivity index (χ4v) is 2.77. The standard InChI is InChI=1S/C20H15ClN2O3/c21-15-6-7-17-14(10-15)11-18(26-17)19(24)16(12-22)20(25)23-9-8-13-4-2-1-3-5-13/h1-7,10-11,16H,8-9H2,(H,23,25)/t16-/m0/s1. The highest BCUT2D eigenvalue weighted by atomic mass is 35.5. The van der Waals surface area contributed by atoms with Crippen LogP contribution in [0.4, 0.5) is 0 Å². The number of carbonyl (C=O) groups excluding carboxylic acids is 2. The largest absolute Gasteiger partial charge is 0.453 e. The average Bonchev–Trinajstić information content (AvgIpc) is 3.06. The number of hydrogen-bond acceptors (Lipinski definition) is 4. The molecule has 1 atom stereocenters. The molecule has 26 heavy (non-hydrogen) atoms. The first-order valence-electron chi connectivity index (χ1n) is 8.03. The molecular weight excluding hydrogens is 352 g/mol. The summed E-state index contributed by atoms with van der Waals surface area (Å²) in [4.78, 5) is 24.7. The lowest BCUT2D eigenvalue weighted by Crippen LogP contribution is -2.35. The van der Waals surface area contributed by atoms with Gasteiger partial charge in [0.1, 0.15) is 5.58 Å². The van der Waals surface area contributed by atoms with Crippen molar-refractivity contribution < 1.29 is 14.0 Å². The minimum absolute atomic E-state index is 0.0352. The van der Waals surface area contributed by atoms with Crippen molar-refractivity contribution in [3.8, 4) is 6.07 Å². The number of nitriles is 1. The van der Waals surface area contributed by atoms with Crippen LogP contribution in [0.2, 0.25) is 5.02 Å². The number of furan rings is 1. The van der Waals surface area contributed by atoms with E-state index in [0.29, 0.717) is 29.0 Å². The van der Waals surface area contributed by atoms with Crippen LogP contribution in [0.1, 0.15) is 16.1 Å². The van der Waals surface area contributed by atoms with Gasteiger partial charge in [-0.05, 0) is 36.2 Å². The maximum absolute atomic E-state index is 12.5. The van der Waals surface area contributed by atoms with Crippen LogP contribution < -0.4 is 5.32 Å². The summed E-state index contributed by atoms with van der Waals surface area (Å²) in [5.74, 6) is -2.79. The summed E-state index contributed by atoms with van der Waals surface area (Å²) in [6.07, 6.45) is 0.613. The molecule has 130 valence electrons. The third kappa shape index (κ3) is 3.93. The van der Waals surface area contributed by atoms with Crippen molar-refractivity contribution in [3.63, 3.8) is 0 Å². The van der Waals surface area contributed by atoms with Crippen molar-refractivity contribution in [1.29, 1.82) is 5.26 Å². The number of nitrogens with zero attached hydrogens (tertiary/aromatic N) is 1. The number of halogens is 1. The van der Waals surface area contributed by atoms with E-state index in [-0.39, 0.29) is 5.76 Å². The highest BCUT2D eigenvalue weighted by Crippen LogP contribution is 2.24. The average molecular weight is 367 g/mol. The van der Waals surface area contributed by atoms with Gasteiger partial charge in [-0.15, -0.1) is 0 Å². The summed E-state index contributed by atoms with van der Waals surface area (Å²) >= 11 is 5.91. The Morgan fingerprint density at radius 1 is 1.15 bits per heavy atom. The zero-order valence-electron chi connectivity index (χ0n) is 13.7. The number of fused-ring (bicyclic) bond motifs is 1. The topological polar surface area (TPSA) is 83.1 Å². The summed E-state index contributed by atoms with van der Waals surface area (Å²) < 4.78 is 5.45. The summed E-state index contributed by atoms with van der Waals surface area (Å²) in [7, 11) is 0. The van der Waals surface area contributed by atoms with Crippen LogP contribution in [0.5, 0.6) is 0 Å². The Morgan fingerprint density at radius 2 is 1.92 bits per heavy atom. The first kappa shape index (κ1) is 17.7. The molecule has 0 aliphatic carbocycles. The number of ketones is 1. The Morgan fingerprint density at radius 3 is 2.65 bits per heavy atom. The van der Waals surface area contributed by atoms with Crippen LogP contribution in [-0.2, 0) is 11.2 Å². The number of Topliss-reactive ketones (excluding diaryl/α,β-unsaturated/α-hetero) is 1. The number of benzene rings is 2. The highest BCUT2D eigenvalue weighted by molar-refractivity contribution is 6.31. The molecule has 1 heterocycles. The maximum Gasteiger partial charge on any atom is 0.245 e. The van der Waals surface area contributed by atoms with E-state index < -0.39 is 17.6 Å². The number of hydrogen-bond donors (Lipinski definition) is 1. The molecule has 0 fully saturated rings. The van der Waals surface area contributed by atoms with Gasteiger partial charge in [-0.25, -0.2) is 0 Å². The quantitative estimate of drug-likeness (QED) is 0.531. The van der Waals surface area contributed by atoms with Crippen molar-refractivity contribution in [2.75, 3.05) is 6.54 Å². The third-order valence-corrected chi connectivity index (χ3v) is 4.17. The van der Waals surface area contributed by atoms with Gasteiger partial charge in [-0.2, -0.15) is 5.26 Å². The third-order valence-electron chi connectivity index (χ3n) is 3.93. The monoisotopic (exact) mass is 366 g/mol. The lowest BCUT2D eigenvalue weighted by Gasteiger charge is -2.08. The van der Waals surface area contributed by atoms with Crippen LogP contribution in [0, 0.1) is 17.2 Å². The molecule has 6 heteroatoms. The van der Waals surface area contributed by atoms with Crippen LogP contribution >= 0.6 is 11.6 Å². The second-order valence-corrected chi connectivity index (χ2v) is 6.18. The fourth-order valence-electron chi connectivity index (χ4n) is 2.59. The van der Waals surface area contributed by atoms with Crippen molar-refractivity contribution >= 4 is 34.3 Å². The molecule has 3 rings (SSSR count). The van der Waals surface area contributed by atoms with Crippen molar-refractivity contribution in [1.82, 2.24) is 5.32 Å². The summed E-state index contributed by atoms with van der Waals surface area (Å²) in [6, 6.07) is 17.8. The van der Waals surface area contributed by atoms with Crippen LogP contribution in [-0.4, -0.2) is 18.2 Å². The van der Waals surface area contributed by atoms with E-state index in [1.54, 1.807) is 24.3 Å². The molecule has 0 saturated heterocycles. The van der Waals surface area contributed by atoms with Crippen molar-refractivity contribution in [2.24, 2.45) is 5.92 Å². The molecule has 0 bridgehead atoms. The first-order chi connectivity index (χ1) is 12.6. The normalized spacial score (nSPS) is 11.7. The van der Waals surface area contributed by atoms with Crippen molar-refractivity contribution in [2.45, 2.75) is 6.42 Å². The second-order valence-electron chi connectivity index (χ2n) is 5.75. The predicted molar refractivity (Wildman–Crippen MR) is 97.8 cm³/mol. The smallest absolute Gasteiger partial charge is 0.245 e. The van der Waals surface area contributed by atoms with Gasteiger partial charge in [0.05, 0.1) is 6.07 Å². The van der Waals surface area contributed by atoms with Gasteiger partial charge in [0.2, 0.25) is 11.7 Å². The lowest BCUT2D eigenvalue weighted by molar-refractivity contribution is -0.122. The van der Waals surface area contributed by atoms with Crippen LogP contribution in [0.25, 0.3) is 11.0 Å². The van der Waals surface area contributed by atoms with Gasteiger partial charge in [-0.1, -0.05) is 41.9 Å². The minimum atomic E-state index is -1.46. The molecule has 1 N–H and O–H groups in total. The molecule has 0 aliphatic rings. The fraction of sp³-hybridized carbons (Fsp3) is 0.150. The Labute approximate surface area is 155 Å². The van der Waals surface area contributed by atoms with E-state index in [0.717, 1.165) is 5.56 Å². The number of nitrogens with one attached hydrogen (secondary N) is 1. The number of carbonyl (C=O) groups is 2. The molecule has 0 unspecified atom stereocenters. The molecule has 1 amide bonds. The SMILES string of the molecule is N#C[C@H](C(=O)NCCc1ccccc1)C(=O)c1cc2cc(Cl)ccc2o1. The molecule has 3 aromatic rings. The van der Waals surface area contributed by atoms with E-state index in [4.69, 9.17) is 16.0 Å². The Hall–Kier alpha value is -3.10. The van der Waals surface area contributed by atoms with Gasteiger partial charge in [0, 0.05) is 17.0 Å². The maximum atomic E-state index is 12.5. The molecule has 5 nitrogen and oxygen atoms in total. The highest BCUT2D eigenvalue weighted by Gasteiger charge is 2.29. The van der Waals surface area contributed by atoms with Crippen LogP contribution in [0.3, 0.4) is 0 Å². The molecule has 0 radical (unpaired) electrons. The van der Waals surface area contributed by atoms with E-state index in [1.807, 2.05) is 30.3 Å². The molecule has 2 aromatic carbocycles. The summed E-state index contributed by atoms with van der Waals surface area (Å²) in [5, 5.41) is 13.0. The Bertz CT molecular complexity index is 989. The number of amides is 1. The molecule has 0 aliphatic heterocycles. The molecule has 1 aromatic heterocycles. The van der Waals surface area contributed by atoms with E-state index in [9.17, 15) is 14.9 Å². The van der Waals surface area contributed by atoms with Gasteiger partial charge in [0.25, 0.3) is 0 Å². The predicted octanol–water partition coefficient (Wildman–Crippen LogP) is 3.77. The van der Waals surface area contributed by atoms with Gasteiger partial charge in [-0.3, -0.25) is 9.59 Å². The van der Waals surface area contributed by atoms with E-state index in [1.165, 1.54) is 6.07 Å². The molecular formula is C20H15ClN2O3. The van der Waals surface area contributed by atoms with Gasteiger partial charge >= 0.3 is 0 Å². The Balaban J connectivity index is 1.67. The first-order valence-corrected chi connectivity index (χ1v) is 8.41. The summed E-state index contributed by atoms with van der Waals surface area (Å²) in [6.45, 7) is 0.337. The van der Waals surface area contributed by atoms with E-state index in [2.05, 4.69) is 5.32 Å². The van der Waals surface area contributed by atoms with Gasteiger partial charge in [0.15, 0.2) is 11.7 Å². The second kappa shape index (κ2) is 7.85. The zero-order valence-corrected chi connectivity index (χ0v) is 14.5. The minimum Gasteiger partial charge on any atom is -0.453 e. The van der Waals surface area contributed by atoms with E-state index >= 15 is 0 Å². The lowest BCUT2D eigenvalue weighted by atomic mass is 10.0. The van der Waals surface area contributed by atoms with Crippen LogP contribution in [0.15, 0.2) is 59.0 Å².